The lowest BCUT2D eigenvalue weighted by atomic mass is 9.74. The summed E-state index contributed by atoms with van der Waals surface area (Å²) in [6.45, 7) is 8.26. The van der Waals surface area contributed by atoms with Crippen molar-refractivity contribution in [3.63, 3.8) is 0 Å². The molecule has 0 aromatic heterocycles. The van der Waals surface area contributed by atoms with Crippen LogP contribution in [0.4, 0.5) is 0 Å². The van der Waals surface area contributed by atoms with Gasteiger partial charge in [-0.05, 0) is 25.7 Å². The standard InChI is InChI=1S/C12H25NO2/c1-6-9(7-2)10(12(3,4)13)8-11(14)15-5/h9-10H,6-8,13H2,1-5H3. The number of carbonyl (C=O) groups is 1. The molecule has 1 unspecified atom stereocenters. The van der Waals surface area contributed by atoms with Gasteiger partial charge in [-0.25, -0.2) is 0 Å². The van der Waals surface area contributed by atoms with Crippen molar-refractivity contribution >= 4 is 5.97 Å². The van der Waals surface area contributed by atoms with E-state index in [1.54, 1.807) is 0 Å². The Morgan fingerprint density at radius 2 is 1.80 bits per heavy atom. The van der Waals surface area contributed by atoms with E-state index in [1.807, 2.05) is 13.8 Å². The van der Waals surface area contributed by atoms with Gasteiger partial charge in [-0.3, -0.25) is 4.79 Å². The summed E-state index contributed by atoms with van der Waals surface area (Å²) in [5, 5.41) is 0. The predicted octanol–water partition coefficient (Wildman–Crippen LogP) is 2.34. The Morgan fingerprint density at radius 1 is 1.33 bits per heavy atom. The quantitative estimate of drug-likeness (QED) is 0.692. The van der Waals surface area contributed by atoms with Gasteiger partial charge >= 0.3 is 5.97 Å². The van der Waals surface area contributed by atoms with E-state index in [0.717, 1.165) is 12.8 Å². The van der Waals surface area contributed by atoms with Crippen LogP contribution in [0.1, 0.15) is 47.0 Å². The van der Waals surface area contributed by atoms with Crippen molar-refractivity contribution in [1.29, 1.82) is 0 Å². The second kappa shape index (κ2) is 6.11. The summed E-state index contributed by atoms with van der Waals surface area (Å²) in [6, 6.07) is 0. The number of esters is 1. The maximum absolute atomic E-state index is 11.3. The molecule has 0 fully saturated rings. The number of nitrogens with two attached hydrogens (primary N) is 1. The third-order valence-electron chi connectivity index (χ3n) is 3.19. The fourth-order valence-corrected chi connectivity index (χ4v) is 2.16. The Bertz CT molecular complexity index is 192. The molecule has 1 atom stereocenters. The van der Waals surface area contributed by atoms with Crippen LogP contribution < -0.4 is 5.73 Å². The molecule has 3 nitrogen and oxygen atoms in total. The van der Waals surface area contributed by atoms with Crippen LogP contribution in [0.3, 0.4) is 0 Å². The predicted molar refractivity (Wildman–Crippen MR) is 62.5 cm³/mol. The molecule has 0 rings (SSSR count). The van der Waals surface area contributed by atoms with Crippen LogP contribution in [-0.2, 0) is 9.53 Å². The maximum atomic E-state index is 11.3. The summed E-state index contributed by atoms with van der Waals surface area (Å²) >= 11 is 0. The Morgan fingerprint density at radius 3 is 2.07 bits per heavy atom. The van der Waals surface area contributed by atoms with E-state index in [0.29, 0.717) is 12.3 Å². The van der Waals surface area contributed by atoms with Gasteiger partial charge in [0.1, 0.15) is 0 Å². The monoisotopic (exact) mass is 215 g/mol. The zero-order chi connectivity index (χ0) is 12.1. The summed E-state index contributed by atoms with van der Waals surface area (Å²) in [4.78, 5) is 11.3. The molecular formula is C12H25NO2. The van der Waals surface area contributed by atoms with Gasteiger partial charge < -0.3 is 10.5 Å². The third kappa shape index (κ3) is 4.65. The Kier molecular flexibility index (Phi) is 5.88. The minimum Gasteiger partial charge on any atom is -0.469 e. The molecule has 3 heteroatoms. The molecule has 0 saturated carbocycles. The van der Waals surface area contributed by atoms with Gasteiger partial charge in [-0.2, -0.15) is 0 Å². The average molecular weight is 215 g/mol. The number of hydrogen-bond acceptors (Lipinski definition) is 3. The van der Waals surface area contributed by atoms with Crippen molar-refractivity contribution in [1.82, 2.24) is 0 Å². The van der Waals surface area contributed by atoms with Crippen molar-refractivity contribution in [3.05, 3.63) is 0 Å². The van der Waals surface area contributed by atoms with Gasteiger partial charge in [0.15, 0.2) is 0 Å². The van der Waals surface area contributed by atoms with Crippen LogP contribution in [0.5, 0.6) is 0 Å². The van der Waals surface area contributed by atoms with Crippen molar-refractivity contribution in [3.8, 4) is 0 Å². The zero-order valence-electron chi connectivity index (χ0n) is 10.7. The fourth-order valence-electron chi connectivity index (χ4n) is 2.16. The summed E-state index contributed by atoms with van der Waals surface area (Å²) < 4.78 is 4.72. The lowest BCUT2D eigenvalue weighted by Gasteiger charge is -2.35. The van der Waals surface area contributed by atoms with Gasteiger partial charge in [-0.1, -0.05) is 26.7 Å². The summed E-state index contributed by atoms with van der Waals surface area (Å²) in [5.74, 6) is 0.523. The van der Waals surface area contributed by atoms with Crippen LogP contribution in [0.2, 0.25) is 0 Å². The topological polar surface area (TPSA) is 52.3 Å². The first-order valence-electron chi connectivity index (χ1n) is 5.72. The van der Waals surface area contributed by atoms with Crippen molar-refractivity contribution in [2.45, 2.75) is 52.5 Å². The van der Waals surface area contributed by atoms with E-state index < -0.39 is 0 Å². The van der Waals surface area contributed by atoms with Gasteiger partial charge in [0.05, 0.1) is 13.5 Å². The van der Waals surface area contributed by atoms with E-state index >= 15 is 0 Å². The highest BCUT2D eigenvalue weighted by molar-refractivity contribution is 5.69. The van der Waals surface area contributed by atoms with Crippen LogP contribution in [0.15, 0.2) is 0 Å². The second-order valence-corrected chi connectivity index (χ2v) is 4.78. The Hall–Kier alpha value is -0.570. The molecule has 15 heavy (non-hydrogen) atoms. The summed E-state index contributed by atoms with van der Waals surface area (Å²) in [6.07, 6.45) is 2.53. The molecule has 0 aromatic rings. The van der Waals surface area contributed by atoms with E-state index in [2.05, 4.69) is 13.8 Å². The minimum atomic E-state index is -0.328. The Labute approximate surface area is 93.4 Å². The van der Waals surface area contributed by atoms with Crippen molar-refractivity contribution < 1.29 is 9.53 Å². The van der Waals surface area contributed by atoms with Gasteiger partial charge in [0, 0.05) is 5.54 Å². The number of methoxy groups -OCH3 is 1. The number of rotatable bonds is 6. The molecule has 0 radical (unpaired) electrons. The highest BCUT2D eigenvalue weighted by atomic mass is 16.5. The number of carbonyl (C=O) groups excluding carboxylic acids is 1. The van der Waals surface area contributed by atoms with Crippen LogP contribution in [0.25, 0.3) is 0 Å². The summed E-state index contributed by atoms with van der Waals surface area (Å²) in [7, 11) is 1.43. The molecule has 0 aliphatic carbocycles. The lowest BCUT2D eigenvalue weighted by molar-refractivity contribution is -0.142. The molecule has 0 saturated heterocycles. The molecule has 0 aliphatic rings. The van der Waals surface area contributed by atoms with E-state index in [9.17, 15) is 4.79 Å². The van der Waals surface area contributed by atoms with E-state index in [-0.39, 0.29) is 17.4 Å². The third-order valence-corrected chi connectivity index (χ3v) is 3.19. The molecule has 0 heterocycles. The molecule has 0 bridgehead atoms. The molecule has 2 N–H and O–H groups in total. The van der Waals surface area contributed by atoms with Crippen LogP contribution in [0, 0.1) is 11.8 Å². The van der Waals surface area contributed by atoms with Gasteiger partial charge in [0.2, 0.25) is 0 Å². The van der Waals surface area contributed by atoms with E-state index in [1.165, 1.54) is 7.11 Å². The van der Waals surface area contributed by atoms with Crippen LogP contribution in [-0.4, -0.2) is 18.6 Å². The van der Waals surface area contributed by atoms with Crippen molar-refractivity contribution in [2.75, 3.05) is 7.11 Å². The number of ether oxygens (including phenoxy) is 1. The first-order chi connectivity index (χ1) is 6.86. The minimum absolute atomic E-state index is 0.162. The Balaban J connectivity index is 4.65. The zero-order valence-corrected chi connectivity index (χ0v) is 10.7. The first kappa shape index (κ1) is 14.4. The fraction of sp³-hybridized carbons (Fsp3) is 0.917. The number of hydrogen-bond donors (Lipinski definition) is 1. The first-order valence-corrected chi connectivity index (χ1v) is 5.72. The second-order valence-electron chi connectivity index (χ2n) is 4.78. The molecule has 0 aliphatic heterocycles. The molecular weight excluding hydrogens is 190 g/mol. The van der Waals surface area contributed by atoms with Gasteiger partial charge in [0.25, 0.3) is 0 Å². The molecule has 0 amide bonds. The normalized spacial score (nSPS) is 14.1. The van der Waals surface area contributed by atoms with E-state index in [4.69, 9.17) is 10.5 Å². The smallest absolute Gasteiger partial charge is 0.305 e. The highest BCUT2D eigenvalue weighted by Crippen LogP contribution is 2.31. The maximum Gasteiger partial charge on any atom is 0.305 e. The summed E-state index contributed by atoms with van der Waals surface area (Å²) in [5.41, 5.74) is 5.80. The lowest BCUT2D eigenvalue weighted by Crippen LogP contribution is -2.45. The average Bonchev–Trinajstić information content (AvgIpc) is 2.16. The molecule has 90 valence electrons. The highest BCUT2D eigenvalue weighted by Gasteiger charge is 2.32. The molecule has 0 spiro atoms. The molecule has 0 aromatic carbocycles. The SMILES string of the molecule is CCC(CC)C(CC(=O)OC)C(C)(C)N. The largest absolute Gasteiger partial charge is 0.469 e. The van der Waals surface area contributed by atoms with Crippen LogP contribution >= 0.6 is 0 Å². The van der Waals surface area contributed by atoms with Crippen molar-refractivity contribution in [2.24, 2.45) is 17.6 Å². The van der Waals surface area contributed by atoms with Gasteiger partial charge in [-0.15, -0.1) is 0 Å².